The highest BCUT2D eigenvalue weighted by molar-refractivity contribution is 5.73. The van der Waals surface area contributed by atoms with Gasteiger partial charge in [0.25, 0.3) is 0 Å². The van der Waals surface area contributed by atoms with Gasteiger partial charge >= 0.3 is 12.1 Å². The average Bonchev–Trinajstić information content (AvgIpc) is 2.74. The van der Waals surface area contributed by atoms with Crippen molar-refractivity contribution < 1.29 is 23.1 Å². The highest BCUT2D eigenvalue weighted by Gasteiger charge is 2.38. The molecule has 1 aliphatic rings. The quantitative estimate of drug-likeness (QED) is 0.764. The lowest BCUT2D eigenvalue weighted by molar-refractivity contribution is -0.192. The number of hydrogen-bond acceptors (Lipinski definition) is 3. The van der Waals surface area contributed by atoms with E-state index in [0.717, 1.165) is 6.67 Å². The second-order valence-electron chi connectivity index (χ2n) is 4.73. The first kappa shape index (κ1) is 18.6. The summed E-state index contributed by atoms with van der Waals surface area (Å²) in [6, 6.07) is 0. The van der Waals surface area contributed by atoms with E-state index >= 15 is 0 Å². The molecule has 0 atom stereocenters. The molecule has 1 N–H and O–H groups in total. The molecule has 0 fully saturated rings. The molecule has 4 nitrogen and oxygen atoms in total. The summed E-state index contributed by atoms with van der Waals surface area (Å²) in [5.74, 6) is -2.76. The van der Waals surface area contributed by atoms with E-state index in [-0.39, 0.29) is 0 Å². The number of carboxylic acids is 1. The van der Waals surface area contributed by atoms with Crippen LogP contribution in [0.15, 0.2) is 12.4 Å². The first-order valence-electron chi connectivity index (χ1n) is 6.70. The molecule has 0 amide bonds. The van der Waals surface area contributed by atoms with Crippen molar-refractivity contribution in [3.63, 3.8) is 0 Å². The van der Waals surface area contributed by atoms with Gasteiger partial charge in [-0.15, -0.1) is 0 Å². The van der Waals surface area contributed by atoms with Crippen molar-refractivity contribution in [2.45, 2.75) is 45.2 Å². The largest absolute Gasteiger partial charge is 0.490 e. The Morgan fingerprint density at radius 2 is 1.75 bits per heavy atom. The molecule has 0 aliphatic carbocycles. The van der Waals surface area contributed by atoms with E-state index in [1.807, 2.05) is 0 Å². The normalized spacial score (nSPS) is 14.2. The molecule has 0 aromatic heterocycles. The Hall–Kier alpha value is -1.40. The molecular formula is C13H23F3N2O2. The highest BCUT2D eigenvalue weighted by Crippen LogP contribution is 2.13. The standard InChI is InChI=1S/C11H22N2.C2HF3O2/c1-3-4-5-6-7-8-13-10-9-12(2)11-13;3-2(4,5)1(6)7/h9-10H,3-8,11H2,1-2H3;(H,6,7). The highest BCUT2D eigenvalue weighted by atomic mass is 19.4. The van der Waals surface area contributed by atoms with Gasteiger partial charge < -0.3 is 14.9 Å². The Balaban J connectivity index is 0.000000441. The van der Waals surface area contributed by atoms with Crippen LogP contribution in [0.3, 0.4) is 0 Å². The van der Waals surface area contributed by atoms with Crippen molar-refractivity contribution in [1.82, 2.24) is 9.80 Å². The summed E-state index contributed by atoms with van der Waals surface area (Å²) in [5, 5.41) is 7.12. The monoisotopic (exact) mass is 296 g/mol. The van der Waals surface area contributed by atoms with Crippen LogP contribution < -0.4 is 0 Å². The van der Waals surface area contributed by atoms with E-state index in [1.54, 1.807) is 0 Å². The first-order valence-corrected chi connectivity index (χ1v) is 6.70. The number of hydrogen-bond donors (Lipinski definition) is 1. The maximum Gasteiger partial charge on any atom is 0.490 e. The minimum atomic E-state index is -5.08. The maximum atomic E-state index is 10.6. The lowest BCUT2D eigenvalue weighted by Gasteiger charge is -2.17. The second-order valence-corrected chi connectivity index (χ2v) is 4.73. The van der Waals surface area contributed by atoms with Crippen molar-refractivity contribution in [1.29, 1.82) is 0 Å². The smallest absolute Gasteiger partial charge is 0.475 e. The molecule has 0 aromatic carbocycles. The number of carboxylic acid groups (broad SMARTS) is 1. The molecule has 0 spiro atoms. The van der Waals surface area contributed by atoms with E-state index in [2.05, 4.69) is 36.2 Å². The molecule has 0 bridgehead atoms. The summed E-state index contributed by atoms with van der Waals surface area (Å²) < 4.78 is 31.7. The van der Waals surface area contributed by atoms with E-state index in [9.17, 15) is 13.2 Å². The lowest BCUT2D eigenvalue weighted by atomic mass is 10.1. The maximum absolute atomic E-state index is 10.6. The van der Waals surface area contributed by atoms with Crippen LogP contribution in [0.5, 0.6) is 0 Å². The molecule has 0 radical (unpaired) electrons. The summed E-state index contributed by atoms with van der Waals surface area (Å²) >= 11 is 0. The summed E-state index contributed by atoms with van der Waals surface area (Å²) in [4.78, 5) is 13.5. The van der Waals surface area contributed by atoms with Gasteiger partial charge in [0.2, 0.25) is 0 Å². The van der Waals surface area contributed by atoms with Gasteiger partial charge in [0, 0.05) is 26.0 Å². The van der Waals surface area contributed by atoms with Crippen LogP contribution in [0, 0.1) is 0 Å². The molecular weight excluding hydrogens is 273 g/mol. The Morgan fingerprint density at radius 3 is 2.15 bits per heavy atom. The molecule has 0 saturated carbocycles. The molecule has 7 heteroatoms. The van der Waals surface area contributed by atoms with Gasteiger partial charge in [0.15, 0.2) is 0 Å². The summed E-state index contributed by atoms with van der Waals surface area (Å²) in [5.41, 5.74) is 0. The molecule has 118 valence electrons. The van der Waals surface area contributed by atoms with E-state index in [4.69, 9.17) is 9.90 Å². The van der Waals surface area contributed by atoms with Gasteiger partial charge in [-0.1, -0.05) is 32.6 Å². The third-order valence-corrected chi connectivity index (χ3v) is 2.73. The summed E-state index contributed by atoms with van der Waals surface area (Å²) in [6.45, 7) is 4.57. The number of halogens is 3. The fourth-order valence-electron chi connectivity index (χ4n) is 1.65. The van der Waals surface area contributed by atoms with Gasteiger partial charge in [-0.3, -0.25) is 0 Å². The van der Waals surface area contributed by atoms with Crippen LogP contribution in [0.2, 0.25) is 0 Å². The average molecular weight is 296 g/mol. The Morgan fingerprint density at radius 1 is 1.20 bits per heavy atom. The molecule has 0 aromatic rings. The Labute approximate surface area is 117 Å². The van der Waals surface area contributed by atoms with Crippen LogP contribution in [-0.2, 0) is 4.79 Å². The van der Waals surface area contributed by atoms with Gasteiger partial charge in [0.05, 0.1) is 6.67 Å². The van der Waals surface area contributed by atoms with E-state index < -0.39 is 12.1 Å². The Bertz CT molecular complexity index is 306. The van der Waals surface area contributed by atoms with Gasteiger partial charge in [-0.25, -0.2) is 4.79 Å². The minimum Gasteiger partial charge on any atom is -0.475 e. The topological polar surface area (TPSA) is 43.8 Å². The van der Waals surface area contributed by atoms with Gasteiger partial charge in [-0.2, -0.15) is 13.2 Å². The Kier molecular flexibility index (Phi) is 8.83. The molecule has 1 heterocycles. The number of alkyl halides is 3. The third-order valence-electron chi connectivity index (χ3n) is 2.73. The first-order chi connectivity index (χ1) is 9.27. The minimum absolute atomic E-state index is 1.08. The van der Waals surface area contributed by atoms with Crippen molar-refractivity contribution in [3.8, 4) is 0 Å². The summed E-state index contributed by atoms with van der Waals surface area (Å²) in [6.07, 6.45) is 6.14. The fraction of sp³-hybridized carbons (Fsp3) is 0.769. The van der Waals surface area contributed by atoms with Crippen molar-refractivity contribution >= 4 is 5.97 Å². The van der Waals surface area contributed by atoms with Gasteiger partial charge in [-0.05, 0) is 6.42 Å². The number of unbranched alkanes of at least 4 members (excludes halogenated alkanes) is 4. The van der Waals surface area contributed by atoms with Crippen molar-refractivity contribution in [2.75, 3.05) is 20.3 Å². The number of aliphatic carboxylic acids is 1. The van der Waals surface area contributed by atoms with Gasteiger partial charge in [0.1, 0.15) is 0 Å². The van der Waals surface area contributed by atoms with E-state index in [1.165, 1.54) is 38.6 Å². The van der Waals surface area contributed by atoms with Crippen molar-refractivity contribution in [2.24, 2.45) is 0 Å². The van der Waals surface area contributed by atoms with Crippen molar-refractivity contribution in [3.05, 3.63) is 12.4 Å². The van der Waals surface area contributed by atoms with E-state index in [0.29, 0.717) is 0 Å². The molecule has 0 unspecified atom stereocenters. The third kappa shape index (κ3) is 9.52. The number of carbonyl (C=O) groups is 1. The second kappa shape index (κ2) is 9.50. The number of nitrogens with zero attached hydrogens (tertiary/aromatic N) is 2. The van der Waals surface area contributed by atoms with Crippen LogP contribution in [-0.4, -0.2) is 47.3 Å². The zero-order valence-electron chi connectivity index (χ0n) is 12.0. The van der Waals surface area contributed by atoms with Crippen LogP contribution in [0.1, 0.15) is 39.0 Å². The van der Waals surface area contributed by atoms with Crippen LogP contribution in [0.4, 0.5) is 13.2 Å². The number of rotatable bonds is 6. The molecule has 1 aliphatic heterocycles. The molecule has 0 saturated heterocycles. The fourth-order valence-corrected chi connectivity index (χ4v) is 1.65. The van der Waals surface area contributed by atoms with Crippen LogP contribution >= 0.6 is 0 Å². The summed E-state index contributed by atoms with van der Waals surface area (Å²) in [7, 11) is 2.12. The zero-order valence-corrected chi connectivity index (χ0v) is 12.0. The molecule has 20 heavy (non-hydrogen) atoms. The predicted molar refractivity (Wildman–Crippen MR) is 70.9 cm³/mol. The van der Waals surface area contributed by atoms with Crippen LogP contribution in [0.25, 0.3) is 0 Å². The lowest BCUT2D eigenvalue weighted by Crippen LogP contribution is -2.23. The molecule has 1 rings (SSSR count). The SMILES string of the molecule is CCCCCCCN1C=CN(C)C1.O=C(O)C(F)(F)F. The predicted octanol–water partition coefficient (Wildman–Crippen LogP) is 3.27. The zero-order chi connectivity index (χ0) is 15.6.